The second-order valence-electron chi connectivity index (χ2n) is 30.3. The Bertz CT molecular complexity index is 5960. The van der Waals surface area contributed by atoms with Crippen LogP contribution in [0.3, 0.4) is 0 Å². The maximum Gasteiger partial charge on any atom is 1.00 e. The van der Waals surface area contributed by atoms with Gasteiger partial charge in [0, 0.05) is 30.2 Å². The minimum Gasteiger partial charge on any atom is -0.870 e. The van der Waals surface area contributed by atoms with Crippen LogP contribution in [0.1, 0.15) is 179 Å². The SMILES string of the molecule is C=C(B(O)O)c1ccccc1.C=C(c1ccccc1)n1nc(C(=O)OCC)c(F)c1C.CCOC(=O)c1cn(C2(c3ccccc3)CC2)c(C)c1F.CCOC(=O)c1n[nH]c(C)c1F.Cc1c(F)c(C(=O)N[C@H]2COc3ccccc3CC2=O)nn1C1(c2ccccc2)CC1.Cc1c(F)c(C(=O)O)nn1C1(c2ccccc2)CC1.N[C@H]1COc2ccccc2CC1=O.[K+].[OH-]. The number of aromatic carboxylic acids is 1. The predicted molar refractivity (Wildman–Crippen MR) is 465 cm³/mol. The molecule has 5 aliphatic rings. The van der Waals surface area contributed by atoms with Gasteiger partial charge < -0.3 is 59.9 Å². The second-order valence-corrected chi connectivity index (χ2v) is 30.3. The number of hydrogen-bond acceptors (Lipinski definition) is 20. The van der Waals surface area contributed by atoms with Crippen molar-refractivity contribution in [2.45, 2.75) is 135 Å². The van der Waals surface area contributed by atoms with Gasteiger partial charge in [-0.1, -0.05) is 201 Å². The number of ketones is 2. The van der Waals surface area contributed by atoms with E-state index in [4.69, 9.17) is 39.8 Å². The van der Waals surface area contributed by atoms with Gasteiger partial charge in [-0.3, -0.25) is 28.8 Å². The van der Waals surface area contributed by atoms with E-state index in [-0.39, 0.29) is 159 Å². The van der Waals surface area contributed by atoms with E-state index in [9.17, 15) is 51.1 Å². The van der Waals surface area contributed by atoms with Crippen molar-refractivity contribution in [2.75, 3.05) is 33.0 Å². The monoisotopic (exact) mass is 1790 g/mol. The molecule has 3 fully saturated rings. The number of ether oxygens (including phenoxy) is 5. The van der Waals surface area contributed by atoms with Crippen molar-refractivity contribution in [2.24, 2.45) is 5.73 Å². The number of carboxylic acid groups (broad SMARTS) is 1. The third kappa shape index (κ3) is 23.4. The summed E-state index contributed by atoms with van der Waals surface area (Å²) >= 11 is 0. The Kier molecular flexibility index (Phi) is 35.1. The van der Waals surface area contributed by atoms with Crippen molar-refractivity contribution in [3.8, 4) is 11.5 Å². The molecule has 2 atom stereocenters. The number of carbonyl (C=O) groups is 7. The molecule has 0 spiro atoms. The summed E-state index contributed by atoms with van der Waals surface area (Å²) < 4.78 is 102. The number of nitrogens with zero attached hydrogens (tertiary/aromatic N) is 8. The maximum atomic E-state index is 15.0. The van der Waals surface area contributed by atoms with E-state index in [1.54, 1.807) is 77.5 Å². The van der Waals surface area contributed by atoms with E-state index in [0.717, 1.165) is 83.2 Å². The van der Waals surface area contributed by atoms with Crippen LogP contribution in [0.2, 0.25) is 0 Å². The average molecular weight is 1790 g/mol. The second kappa shape index (κ2) is 45.1. The molecule has 2 aliphatic heterocycles. The molecule has 17 rings (SSSR count). The first kappa shape index (κ1) is 100. The Morgan fingerprint density at radius 2 is 0.915 bits per heavy atom. The van der Waals surface area contributed by atoms with Crippen LogP contribution in [0, 0.1) is 63.7 Å². The first-order valence-electron chi connectivity index (χ1n) is 41.0. The molecule has 3 saturated carbocycles. The largest absolute Gasteiger partial charge is 1.00 e. The molecule has 1 amide bonds. The zero-order chi connectivity index (χ0) is 91.6. The van der Waals surface area contributed by atoms with Gasteiger partial charge in [-0.05, 0) is 139 Å². The van der Waals surface area contributed by atoms with Gasteiger partial charge in [-0.15, -0.1) is 0 Å². The van der Waals surface area contributed by atoms with Gasteiger partial charge in [-0.25, -0.2) is 45.8 Å². The zero-order valence-corrected chi connectivity index (χ0v) is 75.8. The summed E-state index contributed by atoms with van der Waals surface area (Å²) in [4.78, 5) is 82.2. The number of fused-ring (bicyclic) bond motifs is 2. The van der Waals surface area contributed by atoms with Crippen molar-refractivity contribution in [1.82, 2.24) is 49.4 Å². The van der Waals surface area contributed by atoms with E-state index in [1.165, 1.54) is 16.3 Å². The van der Waals surface area contributed by atoms with Crippen LogP contribution >= 0.6 is 0 Å². The predicted octanol–water partition coefficient (Wildman–Crippen LogP) is 11.5. The standard InChI is InChI=1S/C24H22FN3O3.C17H18FNO2.C15H15FN2O2.C14H13FN2O2.C10H11NO2.C8H9BO2.C7H9FN2O2.K.H2O/c1-15-21(25)22(27-28(15)24(11-12-24)17-8-3-2-4-9-17)23(30)26-18-14-31-20-10-6-5-7-16(20)13-19(18)29;1-3-21-16(20)14-11-19(12(2)15(14)18)17(9-10-17)13-7-5-4-6-8-13;1-4-20-15(19)14-13(16)11(3)18(17-14)10(2)12-8-6-5-7-9-12;1-9-11(15)12(13(18)19)16-17(9)14(7-8-14)10-5-3-2-4-6-10;11-8-6-13-10-4-2-1-3-7(10)5-9(8)12;1-7(9(10)11)8-5-3-2-4-6-8;1-3-12-7(11)6-5(8)4(2)9-10-6;;/h2-10,18H,11-14H2,1H3,(H,26,30);4-8,11H,3,9-10H2,1-2H3;5-9H,2,4H2,1,3H3;2-6H,7-8H2,1H3,(H,18,19);1-4,8H,5-6,11H2;2-6,10-11H,1H2;3H2,1-2H3,(H,9,10);;1H2/q;;;;;;;+1;/p-1/t18-;;;;8-;;;;/m0...0..../s1. The number of H-pyrrole nitrogens is 1. The Hall–Kier alpha value is -12.4. The first-order valence-corrected chi connectivity index (χ1v) is 41.0. The Balaban J connectivity index is 0.000000174. The van der Waals surface area contributed by atoms with Gasteiger partial charge in [0.1, 0.15) is 36.3 Å². The number of carboxylic acids is 1. The summed E-state index contributed by atoms with van der Waals surface area (Å²) in [6.07, 6.45) is 7.38. The minimum atomic E-state index is -1.46. The topological polar surface area (TPSA) is 381 Å². The number of nitrogens with one attached hydrogen (secondary N) is 2. The fraction of sp³-hybridized carbons (Fsp3) is 0.274. The molecule has 27 nitrogen and oxygen atoms in total. The molecular weight excluding hydrogens is 1700 g/mol. The van der Waals surface area contributed by atoms with E-state index in [2.05, 4.69) is 48.7 Å². The number of benzene rings is 7. The van der Waals surface area contributed by atoms with Gasteiger partial charge in [0.2, 0.25) is 17.1 Å². The van der Waals surface area contributed by atoms with Crippen molar-refractivity contribution in [1.29, 1.82) is 0 Å². The zero-order valence-electron chi connectivity index (χ0n) is 72.7. The number of Topliss-reactive ketones (excluding diaryl/α,β-unsaturated/α-hetero) is 2. The summed E-state index contributed by atoms with van der Waals surface area (Å²) in [7, 11) is -1.46. The van der Waals surface area contributed by atoms with Crippen molar-refractivity contribution in [3.63, 3.8) is 0 Å². The molecular formula is C95H98BF5KN11O16. The van der Waals surface area contributed by atoms with E-state index >= 15 is 4.39 Å². The van der Waals surface area contributed by atoms with Gasteiger partial charge in [0.25, 0.3) is 5.91 Å². The summed E-state index contributed by atoms with van der Waals surface area (Å²) in [5.74, 6) is -6.08. The fourth-order valence-electron chi connectivity index (χ4n) is 14.5. The average Bonchev–Trinajstić information content (AvgIpc) is 1.58. The van der Waals surface area contributed by atoms with Gasteiger partial charge in [0.05, 0.1) is 76.6 Å². The summed E-state index contributed by atoms with van der Waals surface area (Å²) in [5, 5.41) is 47.1. The third-order valence-corrected chi connectivity index (χ3v) is 21.8. The molecule has 7 aromatic carbocycles. The number of para-hydroxylation sites is 2. The van der Waals surface area contributed by atoms with Crippen LogP contribution in [-0.4, -0.2) is 158 Å². The van der Waals surface area contributed by atoms with Gasteiger partial charge in [-0.2, -0.15) is 20.4 Å². The van der Waals surface area contributed by atoms with Crippen LogP contribution in [0.25, 0.3) is 11.2 Å². The number of nitrogens with two attached hydrogens (primary N) is 1. The number of halogens is 5. The fourth-order valence-corrected chi connectivity index (χ4v) is 14.5. The summed E-state index contributed by atoms with van der Waals surface area (Å²) in [5.41, 5.74) is 12.0. The smallest absolute Gasteiger partial charge is 0.870 e. The summed E-state index contributed by atoms with van der Waals surface area (Å²) in [6, 6.07) is 61.3. The number of carbonyl (C=O) groups excluding carboxylic acids is 6. The molecule has 12 aromatic rings. The van der Waals surface area contributed by atoms with E-state index in [1.807, 2.05) is 187 Å². The maximum absolute atomic E-state index is 15.0. The van der Waals surface area contributed by atoms with Crippen LogP contribution in [0.15, 0.2) is 220 Å². The van der Waals surface area contributed by atoms with Gasteiger partial charge >= 0.3 is 82.4 Å². The Labute approximate surface area is 784 Å². The Morgan fingerprint density at radius 1 is 0.512 bits per heavy atom. The first-order chi connectivity index (χ1) is 60.9. The number of aryl methyl sites for hydroxylation is 1. The molecule has 0 unspecified atom stereocenters. The van der Waals surface area contributed by atoms with Crippen molar-refractivity contribution < 1.29 is 151 Å². The Morgan fingerprint density at radius 3 is 1.36 bits per heavy atom. The number of amides is 1. The molecule has 0 saturated heterocycles. The van der Waals surface area contributed by atoms with Crippen molar-refractivity contribution >= 4 is 59.6 Å². The van der Waals surface area contributed by atoms with Gasteiger partial charge in [0.15, 0.2) is 46.3 Å². The molecule has 3 aliphatic carbocycles. The molecule has 0 radical (unpaired) electrons. The number of rotatable bonds is 19. The summed E-state index contributed by atoms with van der Waals surface area (Å²) in [6.45, 7) is 21.3. The normalized spacial score (nSPS) is 15.1. The van der Waals surface area contributed by atoms with Crippen LogP contribution in [-0.2, 0) is 53.3 Å². The molecule has 129 heavy (non-hydrogen) atoms. The van der Waals surface area contributed by atoms with Crippen molar-refractivity contribution in [3.05, 3.63) is 344 Å². The minimum absolute atomic E-state index is 0. The molecule has 668 valence electrons. The molecule has 7 heterocycles. The molecule has 5 aromatic heterocycles. The number of hydrogen-bond donors (Lipinski definition) is 6. The van der Waals surface area contributed by atoms with Crippen LogP contribution in [0.5, 0.6) is 11.5 Å². The molecule has 34 heteroatoms. The third-order valence-electron chi connectivity index (χ3n) is 21.8. The number of aromatic amines is 1. The van der Waals surface area contributed by atoms with E-state index < -0.39 is 89.3 Å². The quantitative estimate of drug-likeness (QED) is 0.0189. The van der Waals surface area contributed by atoms with Crippen LogP contribution < -0.4 is 71.9 Å². The molecule has 8 N–H and O–H groups in total. The van der Waals surface area contributed by atoms with E-state index in [0.29, 0.717) is 34.7 Å². The van der Waals surface area contributed by atoms with Crippen LogP contribution in [0.4, 0.5) is 22.0 Å². The molecule has 0 bridgehead atoms. The number of esters is 3. The number of aromatic nitrogens is 9.